The van der Waals surface area contributed by atoms with Crippen molar-refractivity contribution in [3.05, 3.63) is 68.9 Å². The van der Waals surface area contributed by atoms with Crippen LogP contribution in [-0.4, -0.2) is 4.57 Å². The molecule has 1 aromatic carbocycles. The maximum atomic E-state index is 14.0. The highest BCUT2D eigenvalue weighted by atomic mass is 19.1. The molecule has 0 N–H and O–H groups in total. The Kier molecular flexibility index (Phi) is 3.63. The molecule has 0 atom stereocenters. The summed E-state index contributed by atoms with van der Waals surface area (Å²) >= 11 is 0. The van der Waals surface area contributed by atoms with Crippen LogP contribution in [0, 0.1) is 35.4 Å². The largest absolute Gasteiger partial charge is 0.307 e. The first-order chi connectivity index (χ1) is 9.58. The number of benzene rings is 1. The van der Waals surface area contributed by atoms with E-state index in [1.165, 1.54) is 22.8 Å². The summed E-state index contributed by atoms with van der Waals surface area (Å²) in [5.74, 6) is -0.635. The Balaban J connectivity index is 2.55. The van der Waals surface area contributed by atoms with Gasteiger partial charge in [-0.3, -0.25) is 4.79 Å². The van der Waals surface area contributed by atoms with Gasteiger partial charge in [0.1, 0.15) is 23.5 Å². The number of rotatable bonds is 2. The second-order valence-corrected chi connectivity index (χ2v) is 4.28. The number of halogens is 1. The van der Waals surface area contributed by atoms with Gasteiger partial charge in [-0.1, -0.05) is 12.1 Å². The number of hydrogen-bond acceptors (Lipinski definition) is 3. The lowest BCUT2D eigenvalue weighted by molar-refractivity contribution is 0.589. The molecule has 1 heterocycles. The Morgan fingerprint density at radius 1 is 1.15 bits per heavy atom. The predicted octanol–water partition coefficient (Wildman–Crippen LogP) is 2.09. The molecule has 2 aromatic rings. The standard InChI is InChI=1S/C15H10FN3O/c1-10-5-6-12(8-18)15(20)19(10)9-13-4-2-3-11(7-17)14(13)16/h2-6H,9H2,1H3. The van der Waals surface area contributed by atoms with Crippen LogP contribution >= 0.6 is 0 Å². The molecule has 0 aliphatic carbocycles. The van der Waals surface area contributed by atoms with Crippen molar-refractivity contribution in [1.29, 1.82) is 10.5 Å². The monoisotopic (exact) mass is 267 g/mol. The quantitative estimate of drug-likeness (QED) is 0.836. The van der Waals surface area contributed by atoms with Gasteiger partial charge in [-0.15, -0.1) is 0 Å². The molecule has 0 saturated heterocycles. The molecule has 0 amide bonds. The Morgan fingerprint density at radius 2 is 1.85 bits per heavy atom. The Bertz CT molecular complexity index is 809. The van der Waals surface area contributed by atoms with Gasteiger partial charge in [0.2, 0.25) is 0 Å². The molecule has 20 heavy (non-hydrogen) atoms. The molecule has 0 bridgehead atoms. The number of hydrogen-bond donors (Lipinski definition) is 0. The average molecular weight is 267 g/mol. The van der Waals surface area contributed by atoms with Crippen molar-refractivity contribution >= 4 is 0 Å². The van der Waals surface area contributed by atoms with Crippen LogP contribution in [0.4, 0.5) is 4.39 Å². The molecule has 0 radical (unpaired) electrons. The summed E-state index contributed by atoms with van der Waals surface area (Å²) in [7, 11) is 0. The Hall–Kier alpha value is -2.92. The molecule has 0 aliphatic heterocycles. The minimum absolute atomic E-state index is 0.00689. The van der Waals surface area contributed by atoms with Crippen LogP contribution in [-0.2, 0) is 6.54 Å². The number of aryl methyl sites for hydroxylation is 1. The second kappa shape index (κ2) is 5.38. The highest BCUT2D eigenvalue weighted by molar-refractivity contribution is 5.35. The third-order valence-electron chi connectivity index (χ3n) is 3.04. The van der Waals surface area contributed by atoms with Gasteiger partial charge in [0.15, 0.2) is 0 Å². The van der Waals surface area contributed by atoms with E-state index in [1.54, 1.807) is 31.2 Å². The summed E-state index contributed by atoms with van der Waals surface area (Å²) in [5.41, 5.74) is 0.339. The number of nitrogens with zero attached hydrogens (tertiary/aromatic N) is 3. The van der Waals surface area contributed by atoms with Gasteiger partial charge >= 0.3 is 0 Å². The highest BCUT2D eigenvalue weighted by Gasteiger charge is 2.11. The van der Waals surface area contributed by atoms with E-state index < -0.39 is 11.4 Å². The fourth-order valence-electron chi connectivity index (χ4n) is 1.91. The van der Waals surface area contributed by atoms with E-state index >= 15 is 0 Å². The topological polar surface area (TPSA) is 69.6 Å². The summed E-state index contributed by atoms with van der Waals surface area (Å²) in [6.07, 6.45) is 0. The van der Waals surface area contributed by atoms with E-state index in [4.69, 9.17) is 10.5 Å². The van der Waals surface area contributed by atoms with Crippen LogP contribution in [0.2, 0.25) is 0 Å². The third-order valence-corrected chi connectivity index (χ3v) is 3.04. The van der Waals surface area contributed by atoms with Crippen LogP contribution in [0.1, 0.15) is 22.4 Å². The van der Waals surface area contributed by atoms with Crippen molar-refractivity contribution < 1.29 is 4.39 Å². The zero-order chi connectivity index (χ0) is 14.7. The molecule has 5 heteroatoms. The smallest absolute Gasteiger partial charge is 0.268 e. The lowest BCUT2D eigenvalue weighted by Crippen LogP contribution is -2.25. The highest BCUT2D eigenvalue weighted by Crippen LogP contribution is 2.13. The van der Waals surface area contributed by atoms with Crippen LogP contribution in [0.5, 0.6) is 0 Å². The minimum Gasteiger partial charge on any atom is -0.307 e. The van der Waals surface area contributed by atoms with Gasteiger partial charge in [-0.2, -0.15) is 10.5 Å². The van der Waals surface area contributed by atoms with E-state index in [9.17, 15) is 9.18 Å². The van der Waals surface area contributed by atoms with Gasteiger partial charge in [0.25, 0.3) is 5.56 Å². The van der Waals surface area contributed by atoms with Crippen molar-refractivity contribution in [3.8, 4) is 12.1 Å². The molecule has 4 nitrogen and oxygen atoms in total. The molecule has 98 valence electrons. The molecule has 0 saturated carbocycles. The van der Waals surface area contributed by atoms with Gasteiger partial charge < -0.3 is 4.57 Å². The fraction of sp³-hybridized carbons (Fsp3) is 0.133. The first-order valence-corrected chi connectivity index (χ1v) is 5.86. The summed E-state index contributed by atoms with van der Waals surface area (Å²) in [6, 6.07) is 11.1. The first kappa shape index (κ1) is 13.5. The number of nitriles is 2. The normalized spacial score (nSPS) is 9.80. The van der Waals surface area contributed by atoms with Crippen molar-refractivity contribution in [2.75, 3.05) is 0 Å². The molecule has 0 spiro atoms. The molecular weight excluding hydrogens is 257 g/mol. The van der Waals surface area contributed by atoms with Crippen molar-refractivity contribution in [2.24, 2.45) is 0 Å². The first-order valence-electron chi connectivity index (χ1n) is 5.86. The van der Waals surface area contributed by atoms with Gasteiger partial charge in [-0.25, -0.2) is 4.39 Å². The minimum atomic E-state index is -0.635. The molecular formula is C15H10FN3O. The maximum Gasteiger partial charge on any atom is 0.268 e. The van der Waals surface area contributed by atoms with E-state index in [0.29, 0.717) is 5.69 Å². The van der Waals surface area contributed by atoms with Crippen molar-refractivity contribution in [1.82, 2.24) is 4.57 Å². The van der Waals surface area contributed by atoms with Crippen molar-refractivity contribution in [2.45, 2.75) is 13.5 Å². The summed E-state index contributed by atoms with van der Waals surface area (Å²) in [6.45, 7) is 1.69. The lowest BCUT2D eigenvalue weighted by Gasteiger charge is -2.11. The third kappa shape index (κ3) is 2.30. The zero-order valence-electron chi connectivity index (χ0n) is 10.7. The summed E-state index contributed by atoms with van der Waals surface area (Å²) in [5, 5.41) is 17.7. The second-order valence-electron chi connectivity index (χ2n) is 4.28. The molecule has 0 fully saturated rings. The summed E-state index contributed by atoms with van der Waals surface area (Å²) in [4.78, 5) is 12.0. The summed E-state index contributed by atoms with van der Waals surface area (Å²) < 4.78 is 15.3. The van der Waals surface area contributed by atoms with Gasteiger partial charge in [0, 0.05) is 11.3 Å². The average Bonchev–Trinajstić information content (AvgIpc) is 2.45. The SMILES string of the molecule is Cc1ccc(C#N)c(=O)n1Cc1cccc(C#N)c1F. The predicted molar refractivity (Wildman–Crippen MR) is 70.4 cm³/mol. The maximum absolute atomic E-state index is 14.0. The zero-order valence-corrected chi connectivity index (χ0v) is 10.7. The van der Waals surface area contributed by atoms with Crippen LogP contribution in [0.3, 0.4) is 0 Å². The van der Waals surface area contributed by atoms with E-state index in [-0.39, 0.29) is 23.2 Å². The lowest BCUT2D eigenvalue weighted by atomic mass is 10.1. The molecule has 2 rings (SSSR count). The van der Waals surface area contributed by atoms with Crippen LogP contribution in [0.15, 0.2) is 35.1 Å². The van der Waals surface area contributed by atoms with E-state index in [1.807, 2.05) is 0 Å². The van der Waals surface area contributed by atoms with E-state index in [2.05, 4.69) is 0 Å². The fourth-order valence-corrected chi connectivity index (χ4v) is 1.91. The molecule has 0 unspecified atom stereocenters. The number of aromatic nitrogens is 1. The van der Waals surface area contributed by atoms with Crippen LogP contribution < -0.4 is 5.56 Å². The van der Waals surface area contributed by atoms with E-state index in [0.717, 1.165) is 0 Å². The molecule has 0 aliphatic rings. The van der Waals surface area contributed by atoms with Gasteiger partial charge in [0.05, 0.1) is 12.1 Å². The molecule has 1 aromatic heterocycles. The van der Waals surface area contributed by atoms with Crippen LogP contribution in [0.25, 0.3) is 0 Å². The Labute approximate surface area is 114 Å². The van der Waals surface area contributed by atoms with Crippen molar-refractivity contribution in [3.63, 3.8) is 0 Å². The Morgan fingerprint density at radius 3 is 2.50 bits per heavy atom. The van der Waals surface area contributed by atoms with Gasteiger partial charge in [-0.05, 0) is 25.1 Å². The number of pyridine rings is 1.